The standard InChI is InChI=1S/C11H17NO3S/c1-9(15-16(4,13)14)10-5-7-11(8-6-10)12(2)3/h5-9H,1-4H3. The quantitative estimate of drug-likeness (QED) is 0.756. The van der Waals surface area contributed by atoms with E-state index >= 15 is 0 Å². The number of benzene rings is 1. The molecule has 0 aliphatic carbocycles. The summed E-state index contributed by atoms with van der Waals surface area (Å²) in [6.07, 6.45) is 0.601. The van der Waals surface area contributed by atoms with Crippen LogP contribution in [-0.2, 0) is 14.3 Å². The van der Waals surface area contributed by atoms with Crippen molar-refractivity contribution in [1.82, 2.24) is 0 Å². The largest absolute Gasteiger partial charge is 0.378 e. The van der Waals surface area contributed by atoms with Crippen LogP contribution in [0.5, 0.6) is 0 Å². The fourth-order valence-corrected chi connectivity index (χ4v) is 2.00. The van der Waals surface area contributed by atoms with Crippen molar-refractivity contribution in [3.05, 3.63) is 29.8 Å². The lowest BCUT2D eigenvalue weighted by Crippen LogP contribution is -2.10. The predicted octanol–water partition coefficient (Wildman–Crippen LogP) is 1.79. The molecule has 1 aromatic rings. The molecule has 0 fully saturated rings. The van der Waals surface area contributed by atoms with Gasteiger partial charge in [-0.05, 0) is 24.6 Å². The second-order valence-corrected chi connectivity index (χ2v) is 5.53. The molecule has 1 unspecified atom stereocenters. The van der Waals surface area contributed by atoms with Crippen molar-refractivity contribution in [3.63, 3.8) is 0 Å². The van der Waals surface area contributed by atoms with E-state index in [2.05, 4.69) is 0 Å². The van der Waals surface area contributed by atoms with E-state index in [0.29, 0.717) is 0 Å². The Balaban J connectivity index is 2.82. The zero-order chi connectivity index (χ0) is 12.3. The summed E-state index contributed by atoms with van der Waals surface area (Å²) in [6, 6.07) is 7.59. The van der Waals surface area contributed by atoms with Crippen molar-refractivity contribution in [2.75, 3.05) is 25.3 Å². The maximum Gasteiger partial charge on any atom is 0.264 e. The summed E-state index contributed by atoms with van der Waals surface area (Å²) in [6.45, 7) is 1.71. The first-order valence-corrected chi connectivity index (χ1v) is 6.77. The van der Waals surface area contributed by atoms with Gasteiger partial charge in [-0.25, -0.2) is 0 Å². The van der Waals surface area contributed by atoms with Crippen LogP contribution >= 0.6 is 0 Å². The van der Waals surface area contributed by atoms with Gasteiger partial charge in [-0.1, -0.05) is 12.1 Å². The van der Waals surface area contributed by atoms with Crippen LogP contribution in [-0.4, -0.2) is 28.8 Å². The van der Waals surface area contributed by atoms with Gasteiger partial charge in [-0.3, -0.25) is 4.18 Å². The lowest BCUT2D eigenvalue weighted by molar-refractivity contribution is 0.237. The summed E-state index contributed by atoms with van der Waals surface area (Å²) < 4.78 is 26.8. The molecule has 0 amide bonds. The summed E-state index contributed by atoms with van der Waals surface area (Å²) in [5.74, 6) is 0. The number of anilines is 1. The monoisotopic (exact) mass is 243 g/mol. The lowest BCUT2D eigenvalue weighted by Gasteiger charge is -2.15. The molecule has 16 heavy (non-hydrogen) atoms. The summed E-state index contributed by atoms with van der Waals surface area (Å²) in [5.41, 5.74) is 1.91. The van der Waals surface area contributed by atoms with Gasteiger partial charge >= 0.3 is 0 Å². The van der Waals surface area contributed by atoms with Crippen LogP contribution in [0.3, 0.4) is 0 Å². The second-order valence-electron chi connectivity index (χ2n) is 3.93. The van der Waals surface area contributed by atoms with Crippen LogP contribution in [0.25, 0.3) is 0 Å². The molecular weight excluding hydrogens is 226 g/mol. The van der Waals surface area contributed by atoms with Crippen molar-refractivity contribution < 1.29 is 12.6 Å². The molecule has 0 N–H and O–H groups in total. The highest BCUT2D eigenvalue weighted by Crippen LogP contribution is 2.21. The van der Waals surface area contributed by atoms with Gasteiger partial charge in [0.25, 0.3) is 10.1 Å². The van der Waals surface area contributed by atoms with E-state index in [0.717, 1.165) is 17.5 Å². The molecule has 1 rings (SSSR count). The van der Waals surface area contributed by atoms with Gasteiger partial charge < -0.3 is 4.90 Å². The summed E-state index contributed by atoms with van der Waals surface area (Å²) in [5, 5.41) is 0. The van der Waals surface area contributed by atoms with Gasteiger partial charge in [0.2, 0.25) is 0 Å². The van der Waals surface area contributed by atoms with E-state index in [9.17, 15) is 8.42 Å². The van der Waals surface area contributed by atoms with Crippen molar-refractivity contribution >= 4 is 15.8 Å². The minimum atomic E-state index is -3.41. The average molecular weight is 243 g/mol. The smallest absolute Gasteiger partial charge is 0.264 e. The van der Waals surface area contributed by atoms with Crippen LogP contribution in [0.2, 0.25) is 0 Å². The van der Waals surface area contributed by atoms with Crippen molar-refractivity contribution in [1.29, 1.82) is 0 Å². The molecule has 90 valence electrons. The molecule has 0 saturated carbocycles. The van der Waals surface area contributed by atoms with Crippen LogP contribution < -0.4 is 4.90 Å². The Bertz CT molecular complexity index is 437. The zero-order valence-corrected chi connectivity index (χ0v) is 10.8. The van der Waals surface area contributed by atoms with Gasteiger partial charge in [-0.2, -0.15) is 8.42 Å². The summed E-state index contributed by atoms with van der Waals surface area (Å²) >= 11 is 0. The van der Waals surface area contributed by atoms with E-state index in [1.165, 1.54) is 0 Å². The highest BCUT2D eigenvalue weighted by molar-refractivity contribution is 7.86. The molecule has 0 aromatic heterocycles. The third-order valence-corrected chi connectivity index (χ3v) is 2.84. The number of rotatable bonds is 4. The van der Waals surface area contributed by atoms with Gasteiger partial charge in [0.15, 0.2) is 0 Å². The molecule has 0 radical (unpaired) electrons. The third kappa shape index (κ3) is 3.83. The molecule has 0 aliphatic rings. The molecule has 0 spiro atoms. The van der Waals surface area contributed by atoms with Gasteiger partial charge in [0.05, 0.1) is 12.4 Å². The van der Waals surface area contributed by atoms with Gasteiger partial charge in [0, 0.05) is 19.8 Å². The first kappa shape index (κ1) is 13.0. The zero-order valence-electron chi connectivity index (χ0n) is 9.97. The minimum Gasteiger partial charge on any atom is -0.378 e. The Morgan fingerprint density at radius 2 is 1.69 bits per heavy atom. The Hall–Kier alpha value is -1.07. The fraction of sp³-hybridized carbons (Fsp3) is 0.455. The van der Waals surface area contributed by atoms with E-state index in [1.807, 2.05) is 43.3 Å². The predicted molar refractivity (Wildman–Crippen MR) is 65.1 cm³/mol. The maximum atomic E-state index is 11.0. The molecular formula is C11H17NO3S. The SMILES string of the molecule is CC(OS(C)(=O)=O)c1ccc(N(C)C)cc1. The Morgan fingerprint density at radius 1 is 1.19 bits per heavy atom. The minimum absolute atomic E-state index is 0.453. The number of nitrogens with zero attached hydrogens (tertiary/aromatic N) is 1. The van der Waals surface area contributed by atoms with Crippen molar-refractivity contribution in [2.45, 2.75) is 13.0 Å². The molecule has 4 nitrogen and oxygen atoms in total. The van der Waals surface area contributed by atoms with E-state index in [4.69, 9.17) is 4.18 Å². The molecule has 0 heterocycles. The summed E-state index contributed by atoms with van der Waals surface area (Å²) in [7, 11) is 0.491. The van der Waals surface area contributed by atoms with Gasteiger partial charge in [-0.15, -0.1) is 0 Å². The van der Waals surface area contributed by atoms with Crippen LogP contribution in [0.1, 0.15) is 18.6 Å². The van der Waals surface area contributed by atoms with Crippen LogP contribution in [0.15, 0.2) is 24.3 Å². The maximum absolute atomic E-state index is 11.0. The molecule has 0 bridgehead atoms. The molecule has 0 aliphatic heterocycles. The van der Waals surface area contributed by atoms with Crippen LogP contribution in [0.4, 0.5) is 5.69 Å². The van der Waals surface area contributed by atoms with E-state index < -0.39 is 16.2 Å². The van der Waals surface area contributed by atoms with Gasteiger partial charge in [0.1, 0.15) is 0 Å². The highest BCUT2D eigenvalue weighted by Gasteiger charge is 2.12. The molecule has 1 aromatic carbocycles. The third-order valence-electron chi connectivity index (χ3n) is 2.20. The Kier molecular flexibility index (Phi) is 3.93. The van der Waals surface area contributed by atoms with E-state index in [1.54, 1.807) is 6.92 Å². The molecule has 1 atom stereocenters. The lowest BCUT2D eigenvalue weighted by atomic mass is 10.1. The van der Waals surface area contributed by atoms with Crippen molar-refractivity contribution in [3.8, 4) is 0 Å². The summed E-state index contributed by atoms with van der Waals surface area (Å²) in [4.78, 5) is 1.98. The fourth-order valence-electron chi connectivity index (χ4n) is 1.36. The topological polar surface area (TPSA) is 46.6 Å². The average Bonchev–Trinajstić information content (AvgIpc) is 2.15. The highest BCUT2D eigenvalue weighted by atomic mass is 32.2. The first-order valence-electron chi connectivity index (χ1n) is 4.95. The number of hydrogen-bond donors (Lipinski definition) is 0. The van der Waals surface area contributed by atoms with Crippen LogP contribution in [0, 0.1) is 0 Å². The second kappa shape index (κ2) is 4.84. The molecule has 0 saturated heterocycles. The normalized spacial score (nSPS) is 13.5. The Morgan fingerprint density at radius 3 is 2.06 bits per heavy atom. The van der Waals surface area contributed by atoms with E-state index in [-0.39, 0.29) is 0 Å². The van der Waals surface area contributed by atoms with Crippen molar-refractivity contribution in [2.24, 2.45) is 0 Å². The Labute approximate surface area is 97.0 Å². The molecule has 5 heteroatoms. The first-order chi connectivity index (χ1) is 7.29. The number of hydrogen-bond acceptors (Lipinski definition) is 4.